The highest BCUT2D eigenvalue weighted by Gasteiger charge is 2.67. The van der Waals surface area contributed by atoms with Crippen LogP contribution in [0.5, 0.6) is 0 Å². The number of fused-ring (bicyclic) bond motifs is 1. The minimum absolute atomic E-state index is 0.00354. The van der Waals surface area contributed by atoms with Crippen molar-refractivity contribution >= 4 is 10.1 Å². The molecule has 0 aromatic rings. The monoisotopic (exact) mass is 203 g/mol. The van der Waals surface area contributed by atoms with E-state index in [4.69, 9.17) is 9.92 Å². The van der Waals surface area contributed by atoms with Gasteiger partial charge in [-0.1, -0.05) is 6.92 Å². The van der Waals surface area contributed by atoms with Crippen LogP contribution < -0.4 is 5.73 Å². The number of hydrogen-bond donors (Lipinski definition) is 1. The lowest BCUT2D eigenvalue weighted by molar-refractivity contribution is 0.147. The van der Waals surface area contributed by atoms with Crippen molar-refractivity contribution in [1.29, 1.82) is 0 Å². The maximum atomic E-state index is 11.5. The molecule has 0 radical (unpaired) electrons. The fourth-order valence-corrected chi connectivity index (χ4v) is 5.28. The zero-order valence-corrected chi connectivity index (χ0v) is 8.25. The third-order valence-corrected chi connectivity index (χ3v) is 5.79. The molecular weight excluding hydrogens is 190 g/mol. The Labute approximate surface area is 77.6 Å². The van der Waals surface area contributed by atoms with Gasteiger partial charge in [0.2, 0.25) is 0 Å². The molecule has 0 aromatic heterocycles. The van der Waals surface area contributed by atoms with E-state index in [0.29, 0.717) is 6.42 Å². The molecule has 2 aliphatic carbocycles. The van der Waals surface area contributed by atoms with Gasteiger partial charge in [-0.15, -0.1) is 0 Å². The summed E-state index contributed by atoms with van der Waals surface area (Å²) in [6, 6.07) is -0.0916. The second kappa shape index (κ2) is 1.94. The molecule has 13 heavy (non-hydrogen) atoms. The van der Waals surface area contributed by atoms with Crippen molar-refractivity contribution in [2.45, 2.75) is 37.2 Å². The lowest BCUT2D eigenvalue weighted by atomic mass is 9.81. The van der Waals surface area contributed by atoms with Crippen LogP contribution in [0, 0.1) is 11.3 Å². The maximum absolute atomic E-state index is 11.5. The number of rotatable bonds is 0. The van der Waals surface area contributed by atoms with Crippen molar-refractivity contribution in [3.8, 4) is 0 Å². The van der Waals surface area contributed by atoms with Crippen LogP contribution in [0.25, 0.3) is 0 Å². The molecule has 3 fully saturated rings. The Hall–Kier alpha value is -0.130. The lowest BCUT2D eigenvalue weighted by Gasteiger charge is -2.29. The van der Waals surface area contributed by atoms with E-state index in [1.807, 2.05) is 0 Å². The minimum atomic E-state index is -3.28. The molecule has 74 valence electrons. The molecule has 1 saturated heterocycles. The third kappa shape index (κ3) is 0.765. The molecule has 3 aliphatic rings. The lowest BCUT2D eigenvalue weighted by Crippen LogP contribution is -2.45. The molecule has 4 nitrogen and oxygen atoms in total. The molecule has 2 N–H and O–H groups in total. The molecule has 0 spiro atoms. The molecule has 2 saturated carbocycles. The highest BCUT2D eigenvalue weighted by molar-refractivity contribution is 7.87. The Bertz CT molecular complexity index is 366. The second-order valence-electron chi connectivity index (χ2n) is 4.84. The van der Waals surface area contributed by atoms with Crippen molar-refractivity contribution < 1.29 is 12.6 Å². The SMILES string of the molecule is CC12CC3C(OS(=O)(=O)C3C1)C2N. The molecule has 1 aliphatic heterocycles. The predicted octanol–water partition coefficient (Wildman–Crippen LogP) is -0.159. The smallest absolute Gasteiger partial charge is 0.270 e. The fourth-order valence-electron chi connectivity index (χ4n) is 3.30. The van der Waals surface area contributed by atoms with Crippen LogP contribution in [-0.2, 0) is 14.3 Å². The first-order valence-corrected chi connectivity index (χ1v) is 6.09. The van der Waals surface area contributed by atoms with Gasteiger partial charge in [0.1, 0.15) is 0 Å². The van der Waals surface area contributed by atoms with Crippen molar-refractivity contribution in [3.63, 3.8) is 0 Å². The Kier molecular flexibility index (Phi) is 1.23. The Morgan fingerprint density at radius 1 is 1.46 bits per heavy atom. The first-order chi connectivity index (χ1) is 5.94. The molecule has 0 aromatic carbocycles. The standard InChI is InChI=1S/C8H13NO3S/c1-8-2-4-5(3-8)13(10,11)12-6(4)7(8)9/h4-7H,2-3,9H2,1H3. The van der Waals surface area contributed by atoms with Gasteiger partial charge in [-0.3, -0.25) is 4.18 Å². The van der Waals surface area contributed by atoms with E-state index in [1.165, 1.54) is 0 Å². The quantitative estimate of drug-likeness (QED) is 0.555. The summed E-state index contributed by atoms with van der Waals surface area (Å²) in [7, 11) is -3.28. The minimum Gasteiger partial charge on any atom is -0.325 e. The highest BCUT2D eigenvalue weighted by Crippen LogP contribution is 2.60. The summed E-state index contributed by atoms with van der Waals surface area (Å²) in [5, 5.41) is -0.262. The van der Waals surface area contributed by atoms with Crippen LogP contribution >= 0.6 is 0 Å². The molecule has 3 rings (SSSR count). The zero-order chi connectivity index (χ0) is 9.43. The summed E-state index contributed by atoms with van der Waals surface area (Å²) in [5.41, 5.74) is 5.97. The Morgan fingerprint density at radius 2 is 2.15 bits per heavy atom. The van der Waals surface area contributed by atoms with Crippen molar-refractivity contribution in [1.82, 2.24) is 0 Å². The van der Waals surface area contributed by atoms with Gasteiger partial charge < -0.3 is 5.73 Å². The van der Waals surface area contributed by atoms with Crippen molar-refractivity contribution in [2.24, 2.45) is 17.1 Å². The predicted molar refractivity (Wildman–Crippen MR) is 46.4 cm³/mol. The van der Waals surface area contributed by atoms with E-state index in [1.54, 1.807) is 0 Å². The fraction of sp³-hybridized carbons (Fsp3) is 1.00. The first-order valence-electron chi connectivity index (χ1n) is 4.62. The van der Waals surface area contributed by atoms with Crippen LogP contribution in [0.15, 0.2) is 0 Å². The van der Waals surface area contributed by atoms with Crippen molar-refractivity contribution in [2.75, 3.05) is 0 Å². The van der Waals surface area contributed by atoms with Gasteiger partial charge in [0.05, 0.1) is 11.4 Å². The third-order valence-electron chi connectivity index (χ3n) is 4.04. The van der Waals surface area contributed by atoms with Gasteiger partial charge in [0.25, 0.3) is 10.1 Å². The van der Waals surface area contributed by atoms with Crippen LogP contribution in [0.4, 0.5) is 0 Å². The van der Waals surface area contributed by atoms with Gasteiger partial charge in [0, 0.05) is 12.0 Å². The topological polar surface area (TPSA) is 69.4 Å². The van der Waals surface area contributed by atoms with E-state index in [0.717, 1.165) is 6.42 Å². The normalized spacial score (nSPS) is 61.7. The highest BCUT2D eigenvalue weighted by atomic mass is 32.2. The Morgan fingerprint density at radius 3 is 2.69 bits per heavy atom. The zero-order valence-electron chi connectivity index (χ0n) is 7.43. The van der Waals surface area contributed by atoms with Crippen molar-refractivity contribution in [3.05, 3.63) is 0 Å². The van der Waals surface area contributed by atoms with Crippen LogP contribution in [-0.4, -0.2) is 25.8 Å². The molecule has 5 atom stereocenters. The second-order valence-corrected chi connectivity index (χ2v) is 6.63. The van der Waals surface area contributed by atoms with Crippen LogP contribution in [0.3, 0.4) is 0 Å². The molecule has 1 heterocycles. The molecular formula is C8H13NO3S. The summed E-state index contributed by atoms with van der Waals surface area (Å²) < 4.78 is 28.0. The van der Waals surface area contributed by atoms with Gasteiger partial charge in [0.15, 0.2) is 0 Å². The van der Waals surface area contributed by atoms with Gasteiger partial charge in [-0.2, -0.15) is 8.42 Å². The summed E-state index contributed by atoms with van der Waals surface area (Å²) >= 11 is 0. The number of hydrogen-bond acceptors (Lipinski definition) is 4. The average molecular weight is 203 g/mol. The summed E-state index contributed by atoms with van der Waals surface area (Å²) in [4.78, 5) is 0. The van der Waals surface area contributed by atoms with E-state index in [2.05, 4.69) is 6.92 Å². The molecule has 0 amide bonds. The van der Waals surface area contributed by atoms with Crippen LogP contribution in [0.2, 0.25) is 0 Å². The van der Waals surface area contributed by atoms with E-state index in [9.17, 15) is 8.42 Å². The summed E-state index contributed by atoms with van der Waals surface area (Å²) in [5.74, 6) is 0.171. The Balaban J connectivity index is 2.14. The van der Waals surface area contributed by atoms with Crippen LogP contribution in [0.1, 0.15) is 19.8 Å². The average Bonchev–Trinajstić information content (AvgIpc) is 2.52. The van der Waals surface area contributed by atoms with E-state index >= 15 is 0 Å². The first kappa shape index (κ1) is 8.20. The van der Waals surface area contributed by atoms with E-state index < -0.39 is 10.1 Å². The molecule has 5 unspecified atom stereocenters. The van der Waals surface area contributed by atoms with Gasteiger partial charge in [-0.25, -0.2) is 0 Å². The summed E-state index contributed by atoms with van der Waals surface area (Å²) in [6.07, 6.45) is 1.38. The van der Waals surface area contributed by atoms with E-state index in [-0.39, 0.29) is 28.7 Å². The molecule has 2 bridgehead atoms. The maximum Gasteiger partial charge on any atom is 0.270 e. The largest absolute Gasteiger partial charge is 0.325 e. The molecule has 5 heteroatoms. The number of nitrogens with two attached hydrogens (primary N) is 1. The van der Waals surface area contributed by atoms with Gasteiger partial charge in [-0.05, 0) is 18.3 Å². The van der Waals surface area contributed by atoms with Gasteiger partial charge >= 0.3 is 0 Å². The summed E-state index contributed by atoms with van der Waals surface area (Å²) in [6.45, 7) is 2.08.